The Kier molecular flexibility index (Phi) is 4.51. The topological polar surface area (TPSA) is 51.7 Å². The van der Waals surface area contributed by atoms with Crippen LogP contribution in [0, 0.1) is 0 Å². The molecule has 0 N–H and O–H groups in total. The van der Waals surface area contributed by atoms with Gasteiger partial charge in [0.05, 0.1) is 18.9 Å². The van der Waals surface area contributed by atoms with Crippen molar-refractivity contribution in [2.45, 2.75) is 24.5 Å². The Hall–Kier alpha value is -2.24. The van der Waals surface area contributed by atoms with E-state index in [-0.39, 0.29) is 11.8 Å². The first-order chi connectivity index (χ1) is 12.3. The fourth-order valence-electron chi connectivity index (χ4n) is 3.67. The van der Waals surface area contributed by atoms with E-state index >= 15 is 0 Å². The van der Waals surface area contributed by atoms with Crippen molar-refractivity contribution in [3.8, 4) is 0 Å². The Balaban J connectivity index is 1.56. The molecule has 2 aliphatic heterocycles. The summed E-state index contributed by atoms with van der Waals surface area (Å²) in [6, 6.07) is 15.6. The Morgan fingerprint density at radius 3 is 2.32 bits per heavy atom. The number of rotatable bonds is 3. The highest BCUT2D eigenvalue weighted by Crippen LogP contribution is 2.33. The number of carbonyl (C=O) groups excluding carboxylic acids is 1. The van der Waals surface area contributed by atoms with Gasteiger partial charge in [0.15, 0.2) is 5.79 Å². The zero-order valence-corrected chi connectivity index (χ0v) is 14.1. The summed E-state index contributed by atoms with van der Waals surface area (Å²) >= 11 is 0. The Bertz CT molecular complexity index is 665. The molecule has 25 heavy (non-hydrogen) atoms. The molecule has 0 aliphatic carbocycles. The molecular formula is C20H22N2O3. The van der Waals surface area contributed by atoms with Gasteiger partial charge in [0.2, 0.25) is 5.91 Å². The van der Waals surface area contributed by atoms with E-state index in [9.17, 15) is 4.79 Å². The number of nitrogens with zero attached hydrogens (tertiary/aromatic N) is 2. The molecule has 1 unspecified atom stereocenters. The highest BCUT2D eigenvalue weighted by atomic mass is 16.7. The number of piperidine rings is 1. The van der Waals surface area contributed by atoms with Gasteiger partial charge in [0, 0.05) is 32.1 Å². The molecule has 0 radical (unpaired) electrons. The van der Waals surface area contributed by atoms with E-state index in [0.717, 1.165) is 24.1 Å². The van der Waals surface area contributed by atoms with Crippen LogP contribution in [0.5, 0.6) is 0 Å². The molecule has 1 aromatic carbocycles. The Morgan fingerprint density at radius 1 is 1.00 bits per heavy atom. The molecule has 0 bridgehead atoms. The maximum absolute atomic E-state index is 13.3. The van der Waals surface area contributed by atoms with Crippen LogP contribution in [0.3, 0.4) is 0 Å². The lowest BCUT2D eigenvalue weighted by Crippen LogP contribution is -2.48. The number of likely N-dealkylation sites (tertiary alicyclic amines) is 1. The molecule has 3 heterocycles. The second-order valence-electron chi connectivity index (χ2n) is 6.53. The first-order valence-electron chi connectivity index (χ1n) is 8.80. The maximum atomic E-state index is 13.3. The molecule has 4 rings (SSSR count). The van der Waals surface area contributed by atoms with Gasteiger partial charge in [-0.05, 0) is 17.7 Å². The molecule has 0 saturated carbocycles. The van der Waals surface area contributed by atoms with Crippen molar-refractivity contribution in [3.63, 3.8) is 0 Å². The van der Waals surface area contributed by atoms with Gasteiger partial charge in [-0.15, -0.1) is 0 Å². The first-order valence-corrected chi connectivity index (χ1v) is 8.80. The standard InChI is InChI=1S/C20H22N2O3/c23-19(22-12-9-20(10-13-22)24-14-15-25-20)18(16-6-2-1-3-7-16)17-8-4-5-11-21-17/h1-8,11,18H,9-10,12-15H2. The number of carbonyl (C=O) groups is 1. The lowest BCUT2D eigenvalue weighted by Gasteiger charge is -2.38. The summed E-state index contributed by atoms with van der Waals surface area (Å²) in [6.07, 6.45) is 3.19. The predicted octanol–water partition coefficient (Wildman–Crippen LogP) is 2.58. The fourth-order valence-corrected chi connectivity index (χ4v) is 3.67. The normalized spacial score (nSPS) is 20.6. The molecule has 2 fully saturated rings. The van der Waals surface area contributed by atoms with E-state index in [1.165, 1.54) is 0 Å². The second kappa shape index (κ2) is 6.94. The van der Waals surface area contributed by atoms with Gasteiger partial charge in [-0.1, -0.05) is 36.4 Å². The Morgan fingerprint density at radius 2 is 1.68 bits per heavy atom. The number of hydrogen-bond acceptors (Lipinski definition) is 4. The van der Waals surface area contributed by atoms with Crippen molar-refractivity contribution in [1.29, 1.82) is 0 Å². The van der Waals surface area contributed by atoms with Crippen LogP contribution in [0.25, 0.3) is 0 Å². The zero-order chi connectivity index (χ0) is 17.1. The number of amides is 1. The van der Waals surface area contributed by atoms with E-state index < -0.39 is 5.79 Å². The first kappa shape index (κ1) is 16.2. The number of ether oxygens (including phenoxy) is 2. The summed E-state index contributed by atoms with van der Waals surface area (Å²) in [6.45, 7) is 2.59. The molecule has 2 saturated heterocycles. The minimum atomic E-state index is -0.468. The minimum absolute atomic E-state index is 0.0951. The van der Waals surface area contributed by atoms with E-state index in [1.54, 1.807) is 6.20 Å². The predicted molar refractivity (Wildman–Crippen MR) is 93.0 cm³/mol. The maximum Gasteiger partial charge on any atom is 0.236 e. The number of aromatic nitrogens is 1. The molecule has 1 spiro atoms. The SMILES string of the molecule is O=C(C(c1ccccc1)c1ccccn1)N1CCC2(CC1)OCCO2. The van der Waals surface area contributed by atoms with E-state index in [0.29, 0.717) is 26.3 Å². The molecule has 1 atom stereocenters. The summed E-state index contributed by atoms with van der Waals surface area (Å²) in [4.78, 5) is 19.7. The lowest BCUT2D eigenvalue weighted by molar-refractivity contribution is -0.187. The number of pyridine rings is 1. The molecule has 2 aliphatic rings. The monoisotopic (exact) mass is 338 g/mol. The average molecular weight is 338 g/mol. The summed E-state index contributed by atoms with van der Waals surface area (Å²) in [7, 11) is 0. The van der Waals surface area contributed by atoms with Crippen LogP contribution in [0.1, 0.15) is 30.0 Å². The number of hydrogen-bond donors (Lipinski definition) is 0. The quantitative estimate of drug-likeness (QED) is 0.863. The van der Waals surface area contributed by atoms with Crippen molar-refractivity contribution < 1.29 is 14.3 Å². The van der Waals surface area contributed by atoms with Crippen LogP contribution in [0.2, 0.25) is 0 Å². The van der Waals surface area contributed by atoms with Gasteiger partial charge in [-0.2, -0.15) is 0 Å². The van der Waals surface area contributed by atoms with Crippen molar-refractivity contribution in [2.24, 2.45) is 0 Å². The molecule has 5 heteroatoms. The lowest BCUT2D eigenvalue weighted by atomic mass is 9.92. The van der Waals surface area contributed by atoms with Crippen LogP contribution < -0.4 is 0 Å². The zero-order valence-electron chi connectivity index (χ0n) is 14.1. The summed E-state index contributed by atoms with van der Waals surface area (Å²) in [5.74, 6) is -0.746. The van der Waals surface area contributed by atoms with Crippen molar-refractivity contribution >= 4 is 5.91 Å². The molecule has 5 nitrogen and oxygen atoms in total. The van der Waals surface area contributed by atoms with E-state index in [1.807, 2.05) is 53.4 Å². The second-order valence-corrected chi connectivity index (χ2v) is 6.53. The smallest absolute Gasteiger partial charge is 0.236 e. The third kappa shape index (κ3) is 3.30. The molecule has 130 valence electrons. The number of benzene rings is 1. The van der Waals surface area contributed by atoms with Crippen molar-refractivity contribution in [1.82, 2.24) is 9.88 Å². The van der Waals surface area contributed by atoms with Gasteiger partial charge >= 0.3 is 0 Å². The van der Waals surface area contributed by atoms with Gasteiger partial charge in [0.25, 0.3) is 0 Å². The van der Waals surface area contributed by atoms with Crippen molar-refractivity contribution in [3.05, 3.63) is 66.0 Å². The molecule has 1 amide bonds. The summed E-state index contributed by atoms with van der Waals surface area (Å²) in [5.41, 5.74) is 1.76. The molecule has 1 aromatic heterocycles. The average Bonchev–Trinajstić information content (AvgIpc) is 3.12. The summed E-state index contributed by atoms with van der Waals surface area (Å²) < 4.78 is 11.5. The third-order valence-electron chi connectivity index (χ3n) is 5.01. The van der Waals surface area contributed by atoms with E-state index in [4.69, 9.17) is 9.47 Å². The third-order valence-corrected chi connectivity index (χ3v) is 5.01. The highest BCUT2D eigenvalue weighted by molar-refractivity contribution is 5.86. The Labute approximate surface area is 147 Å². The molecule has 2 aromatic rings. The van der Waals surface area contributed by atoms with Gasteiger partial charge in [-0.25, -0.2) is 0 Å². The van der Waals surface area contributed by atoms with Gasteiger partial charge < -0.3 is 14.4 Å². The van der Waals surface area contributed by atoms with Gasteiger partial charge in [0.1, 0.15) is 5.92 Å². The largest absolute Gasteiger partial charge is 0.347 e. The van der Waals surface area contributed by atoms with Gasteiger partial charge in [-0.3, -0.25) is 9.78 Å². The molecular weight excluding hydrogens is 316 g/mol. The van der Waals surface area contributed by atoms with Crippen LogP contribution in [0.4, 0.5) is 0 Å². The van der Waals surface area contributed by atoms with Crippen molar-refractivity contribution in [2.75, 3.05) is 26.3 Å². The highest BCUT2D eigenvalue weighted by Gasteiger charge is 2.42. The van der Waals surface area contributed by atoms with Crippen LogP contribution in [0.15, 0.2) is 54.7 Å². The fraction of sp³-hybridized carbons (Fsp3) is 0.400. The van der Waals surface area contributed by atoms with E-state index in [2.05, 4.69) is 4.98 Å². The van der Waals surface area contributed by atoms with Crippen LogP contribution >= 0.6 is 0 Å². The minimum Gasteiger partial charge on any atom is -0.347 e. The van der Waals surface area contributed by atoms with Crippen LogP contribution in [-0.4, -0.2) is 47.9 Å². The van der Waals surface area contributed by atoms with Crippen LogP contribution in [-0.2, 0) is 14.3 Å². The summed E-state index contributed by atoms with van der Waals surface area (Å²) in [5, 5.41) is 0.